The molecule has 0 saturated carbocycles. The Labute approximate surface area is 159 Å². The second-order valence-corrected chi connectivity index (χ2v) is 7.06. The fourth-order valence-electron chi connectivity index (χ4n) is 2.82. The summed E-state index contributed by atoms with van der Waals surface area (Å²) in [6.45, 7) is 0. The summed E-state index contributed by atoms with van der Waals surface area (Å²) in [5, 5.41) is 0. The van der Waals surface area contributed by atoms with Crippen molar-refractivity contribution in [2.75, 3.05) is 0 Å². The number of hydrogen-bond donors (Lipinski definition) is 0. The Hall–Kier alpha value is -3.44. The summed E-state index contributed by atoms with van der Waals surface area (Å²) in [6.07, 6.45) is 3.37. The Morgan fingerprint density at radius 3 is 1.44 bits per heavy atom. The van der Waals surface area contributed by atoms with Crippen LogP contribution in [0.2, 0.25) is 0 Å². The first-order valence-electron chi connectivity index (χ1n) is 8.49. The van der Waals surface area contributed by atoms with Gasteiger partial charge in [-0.15, -0.1) is 11.3 Å². The minimum atomic E-state index is 0.597. The monoisotopic (exact) mass is 370 g/mol. The van der Waals surface area contributed by atoms with E-state index in [4.69, 9.17) is 8.83 Å². The Morgan fingerprint density at radius 2 is 1.00 bits per heavy atom. The first kappa shape index (κ1) is 15.8. The summed E-state index contributed by atoms with van der Waals surface area (Å²) < 4.78 is 11.4. The first-order chi connectivity index (χ1) is 13.4. The Kier molecular flexibility index (Phi) is 3.92. The number of thiophene rings is 1. The summed E-state index contributed by atoms with van der Waals surface area (Å²) in [5.74, 6) is 1.19. The highest BCUT2D eigenvalue weighted by Crippen LogP contribution is 2.35. The van der Waals surface area contributed by atoms with E-state index in [1.807, 2.05) is 72.8 Å². The number of aromatic nitrogens is 2. The SMILES string of the molecule is c1ccc(-c2coc(-c3ccc(-c4nc(-c5ccccc5)co4)s3)n2)cc1. The molecule has 0 N–H and O–H groups in total. The number of nitrogens with zero attached hydrogens (tertiary/aromatic N) is 2. The van der Waals surface area contributed by atoms with Gasteiger partial charge in [0, 0.05) is 11.1 Å². The second kappa shape index (κ2) is 6.70. The van der Waals surface area contributed by atoms with Crippen LogP contribution in [0.4, 0.5) is 0 Å². The molecule has 3 heterocycles. The van der Waals surface area contributed by atoms with Gasteiger partial charge in [0.2, 0.25) is 11.8 Å². The molecule has 3 aromatic heterocycles. The van der Waals surface area contributed by atoms with Gasteiger partial charge in [0.1, 0.15) is 23.9 Å². The highest BCUT2D eigenvalue weighted by molar-refractivity contribution is 7.18. The molecule has 0 saturated heterocycles. The minimum Gasteiger partial charge on any atom is -0.443 e. The molecule has 27 heavy (non-hydrogen) atoms. The lowest BCUT2D eigenvalue weighted by Crippen LogP contribution is -1.77. The van der Waals surface area contributed by atoms with Crippen molar-refractivity contribution in [2.45, 2.75) is 0 Å². The van der Waals surface area contributed by atoms with Crippen molar-refractivity contribution in [3.8, 4) is 44.1 Å². The van der Waals surface area contributed by atoms with Crippen molar-refractivity contribution in [2.24, 2.45) is 0 Å². The van der Waals surface area contributed by atoms with Crippen molar-refractivity contribution < 1.29 is 8.83 Å². The zero-order valence-corrected chi connectivity index (χ0v) is 15.0. The van der Waals surface area contributed by atoms with E-state index >= 15 is 0 Å². The van der Waals surface area contributed by atoms with Gasteiger partial charge in [0.15, 0.2) is 0 Å². The maximum absolute atomic E-state index is 5.68. The van der Waals surface area contributed by atoms with Crippen LogP contribution < -0.4 is 0 Å². The van der Waals surface area contributed by atoms with Crippen molar-refractivity contribution in [3.05, 3.63) is 85.3 Å². The minimum absolute atomic E-state index is 0.597. The average molecular weight is 370 g/mol. The molecule has 0 aliphatic carbocycles. The summed E-state index contributed by atoms with van der Waals surface area (Å²) in [4.78, 5) is 11.1. The van der Waals surface area contributed by atoms with Gasteiger partial charge in [-0.1, -0.05) is 60.7 Å². The molecule has 0 fully saturated rings. The molecule has 2 aromatic carbocycles. The predicted octanol–water partition coefficient (Wildman–Crippen LogP) is 6.39. The zero-order chi connectivity index (χ0) is 18.1. The van der Waals surface area contributed by atoms with Crippen molar-refractivity contribution in [3.63, 3.8) is 0 Å². The van der Waals surface area contributed by atoms with Gasteiger partial charge in [0.25, 0.3) is 0 Å². The van der Waals surface area contributed by atoms with Crippen LogP contribution in [-0.4, -0.2) is 9.97 Å². The molecular weight excluding hydrogens is 356 g/mol. The molecule has 0 aliphatic heterocycles. The molecule has 130 valence electrons. The maximum atomic E-state index is 5.68. The third-order valence-electron chi connectivity index (χ3n) is 4.18. The molecular formula is C22H14N2O2S. The van der Waals surface area contributed by atoms with Gasteiger partial charge in [-0.05, 0) is 12.1 Å². The lowest BCUT2D eigenvalue weighted by molar-refractivity contribution is 0.576. The van der Waals surface area contributed by atoms with E-state index in [0.29, 0.717) is 11.8 Å². The van der Waals surface area contributed by atoms with Crippen LogP contribution in [0.5, 0.6) is 0 Å². The maximum Gasteiger partial charge on any atom is 0.236 e. The highest BCUT2D eigenvalue weighted by Gasteiger charge is 2.15. The normalized spacial score (nSPS) is 11.0. The molecule has 5 aromatic rings. The smallest absolute Gasteiger partial charge is 0.236 e. The van der Waals surface area contributed by atoms with E-state index in [1.54, 1.807) is 23.9 Å². The molecule has 0 radical (unpaired) electrons. The van der Waals surface area contributed by atoms with Gasteiger partial charge < -0.3 is 8.83 Å². The van der Waals surface area contributed by atoms with Crippen LogP contribution in [0.25, 0.3) is 44.1 Å². The summed E-state index contributed by atoms with van der Waals surface area (Å²) in [5.41, 5.74) is 3.71. The van der Waals surface area contributed by atoms with Crippen LogP contribution in [0.1, 0.15) is 0 Å². The predicted molar refractivity (Wildman–Crippen MR) is 106 cm³/mol. The zero-order valence-electron chi connectivity index (χ0n) is 14.2. The van der Waals surface area contributed by atoms with Crippen LogP contribution >= 0.6 is 11.3 Å². The van der Waals surface area contributed by atoms with Crippen LogP contribution in [0, 0.1) is 0 Å². The van der Waals surface area contributed by atoms with E-state index in [2.05, 4.69) is 9.97 Å². The quantitative estimate of drug-likeness (QED) is 0.368. The Morgan fingerprint density at radius 1 is 0.556 bits per heavy atom. The van der Waals surface area contributed by atoms with Crippen LogP contribution in [0.3, 0.4) is 0 Å². The van der Waals surface area contributed by atoms with E-state index < -0.39 is 0 Å². The largest absolute Gasteiger partial charge is 0.443 e. The Bertz CT molecular complexity index is 1080. The molecule has 5 rings (SSSR count). The topological polar surface area (TPSA) is 52.1 Å². The van der Waals surface area contributed by atoms with E-state index in [0.717, 1.165) is 32.3 Å². The fourth-order valence-corrected chi connectivity index (χ4v) is 3.70. The first-order valence-corrected chi connectivity index (χ1v) is 9.31. The van der Waals surface area contributed by atoms with Crippen LogP contribution in [-0.2, 0) is 0 Å². The number of rotatable bonds is 4. The number of benzene rings is 2. The van der Waals surface area contributed by atoms with Gasteiger partial charge >= 0.3 is 0 Å². The molecule has 0 unspecified atom stereocenters. The molecule has 4 nitrogen and oxygen atoms in total. The van der Waals surface area contributed by atoms with Crippen molar-refractivity contribution >= 4 is 11.3 Å². The lowest BCUT2D eigenvalue weighted by atomic mass is 10.2. The third-order valence-corrected chi connectivity index (χ3v) is 5.24. The van der Waals surface area contributed by atoms with E-state index in [9.17, 15) is 0 Å². The van der Waals surface area contributed by atoms with Crippen molar-refractivity contribution in [1.29, 1.82) is 0 Å². The molecule has 0 bridgehead atoms. The molecule has 0 spiro atoms. The highest BCUT2D eigenvalue weighted by atomic mass is 32.1. The van der Waals surface area contributed by atoms with Crippen molar-refractivity contribution in [1.82, 2.24) is 9.97 Å². The Balaban J connectivity index is 1.42. The summed E-state index contributed by atoms with van der Waals surface area (Å²) in [6, 6.07) is 23.9. The van der Waals surface area contributed by atoms with Gasteiger partial charge in [-0.25, -0.2) is 9.97 Å². The summed E-state index contributed by atoms with van der Waals surface area (Å²) in [7, 11) is 0. The van der Waals surface area contributed by atoms with E-state index in [-0.39, 0.29) is 0 Å². The molecule has 0 amide bonds. The summed E-state index contributed by atoms with van der Waals surface area (Å²) >= 11 is 1.54. The second-order valence-electron chi connectivity index (χ2n) is 5.97. The van der Waals surface area contributed by atoms with Crippen LogP contribution in [0.15, 0.2) is 94.2 Å². The van der Waals surface area contributed by atoms with Gasteiger partial charge in [-0.2, -0.15) is 0 Å². The standard InChI is InChI=1S/C22H14N2O2S/c1-3-7-15(8-4-1)17-13-25-21(23-17)19-11-12-20(27-19)22-24-18(14-26-22)16-9-5-2-6-10-16/h1-14H. The molecule has 0 aliphatic rings. The number of oxazole rings is 2. The lowest BCUT2D eigenvalue weighted by Gasteiger charge is -1.92. The number of hydrogen-bond acceptors (Lipinski definition) is 5. The average Bonchev–Trinajstić information content (AvgIpc) is 3.49. The fraction of sp³-hybridized carbons (Fsp3) is 0. The van der Waals surface area contributed by atoms with Gasteiger partial charge in [0.05, 0.1) is 9.75 Å². The third kappa shape index (κ3) is 3.09. The molecule has 0 atom stereocenters. The van der Waals surface area contributed by atoms with Gasteiger partial charge in [-0.3, -0.25) is 0 Å². The molecule has 5 heteroatoms. The van der Waals surface area contributed by atoms with E-state index in [1.165, 1.54) is 0 Å².